The molecule has 0 amide bonds. The smallest absolute Gasteiger partial charge is 0.112 e. The predicted octanol–water partition coefficient (Wildman–Crippen LogP) is 2.83. The minimum Gasteiger partial charge on any atom is -0.390 e. The summed E-state index contributed by atoms with van der Waals surface area (Å²) in [6, 6.07) is 8.09. The molecule has 0 bridgehead atoms. The maximum Gasteiger partial charge on any atom is 0.112 e. The number of aryl methyl sites for hydroxylation is 1. The van der Waals surface area contributed by atoms with Crippen molar-refractivity contribution in [2.24, 2.45) is 7.05 Å². The number of imidazole rings is 1. The number of nitrogens with zero attached hydrogens (tertiary/aromatic N) is 2. The zero-order valence-corrected chi connectivity index (χ0v) is 12.9. The molecular weight excluding hydrogens is 264 g/mol. The minimum absolute atomic E-state index is 0.368. The van der Waals surface area contributed by atoms with E-state index in [1.807, 2.05) is 32.2 Å². The molecular formula is C17H24N2O2. The zero-order valence-electron chi connectivity index (χ0n) is 12.9. The molecule has 0 radical (unpaired) electrons. The van der Waals surface area contributed by atoms with Crippen LogP contribution in [-0.4, -0.2) is 33.0 Å². The van der Waals surface area contributed by atoms with Crippen molar-refractivity contribution in [2.75, 3.05) is 6.61 Å². The molecule has 1 saturated carbocycles. The van der Waals surface area contributed by atoms with E-state index in [0.717, 1.165) is 42.5 Å². The Balaban J connectivity index is 1.85. The Morgan fingerprint density at radius 3 is 2.71 bits per heavy atom. The summed E-state index contributed by atoms with van der Waals surface area (Å²) in [5.41, 5.74) is 1.73. The van der Waals surface area contributed by atoms with E-state index in [2.05, 4.69) is 15.6 Å². The lowest BCUT2D eigenvalue weighted by molar-refractivity contribution is -0.116. The van der Waals surface area contributed by atoms with E-state index in [0.29, 0.717) is 13.0 Å². The van der Waals surface area contributed by atoms with Crippen LogP contribution in [0.4, 0.5) is 0 Å². The van der Waals surface area contributed by atoms with Crippen LogP contribution in [0.25, 0.3) is 11.0 Å². The summed E-state index contributed by atoms with van der Waals surface area (Å²) in [6.07, 6.45) is 4.23. The molecule has 1 aromatic carbocycles. The molecule has 1 fully saturated rings. The summed E-state index contributed by atoms with van der Waals surface area (Å²) in [5.74, 6) is 0.926. The highest BCUT2D eigenvalue weighted by Crippen LogP contribution is 2.37. The van der Waals surface area contributed by atoms with Crippen LogP contribution in [-0.2, 0) is 18.2 Å². The van der Waals surface area contributed by atoms with Gasteiger partial charge in [0, 0.05) is 20.1 Å². The van der Waals surface area contributed by atoms with Crippen LogP contribution in [0.5, 0.6) is 0 Å². The molecule has 4 nitrogen and oxygen atoms in total. The molecule has 0 spiro atoms. The van der Waals surface area contributed by atoms with Crippen LogP contribution in [0.1, 0.15) is 38.4 Å². The first kappa shape index (κ1) is 14.5. The topological polar surface area (TPSA) is 47.3 Å². The first-order valence-corrected chi connectivity index (χ1v) is 7.88. The molecule has 4 heteroatoms. The van der Waals surface area contributed by atoms with E-state index in [4.69, 9.17) is 4.74 Å². The second-order valence-electron chi connectivity index (χ2n) is 6.00. The first-order valence-electron chi connectivity index (χ1n) is 7.88. The molecule has 1 aromatic heterocycles. The zero-order chi connectivity index (χ0) is 14.9. The van der Waals surface area contributed by atoms with Crippen molar-refractivity contribution in [2.45, 2.75) is 50.7 Å². The van der Waals surface area contributed by atoms with Crippen LogP contribution in [0.15, 0.2) is 24.3 Å². The fraction of sp³-hybridized carbons (Fsp3) is 0.588. The van der Waals surface area contributed by atoms with Gasteiger partial charge in [-0.15, -0.1) is 0 Å². The van der Waals surface area contributed by atoms with Crippen molar-refractivity contribution >= 4 is 11.0 Å². The average Bonchev–Trinajstić information content (AvgIpc) is 3.07. The van der Waals surface area contributed by atoms with Crippen molar-refractivity contribution in [3.63, 3.8) is 0 Å². The molecule has 21 heavy (non-hydrogen) atoms. The van der Waals surface area contributed by atoms with E-state index in [9.17, 15) is 5.11 Å². The lowest BCUT2D eigenvalue weighted by Gasteiger charge is -2.34. The number of fused-ring (bicyclic) bond motifs is 1. The van der Waals surface area contributed by atoms with Gasteiger partial charge in [0.2, 0.25) is 0 Å². The van der Waals surface area contributed by atoms with Gasteiger partial charge in [0.1, 0.15) is 5.82 Å². The van der Waals surface area contributed by atoms with E-state index < -0.39 is 6.10 Å². The number of benzene rings is 1. The quantitative estimate of drug-likeness (QED) is 0.920. The molecule has 0 saturated heterocycles. The molecule has 1 N–H and O–H groups in total. The van der Waals surface area contributed by atoms with Gasteiger partial charge in [0.25, 0.3) is 0 Å². The Labute approximate surface area is 125 Å². The van der Waals surface area contributed by atoms with Crippen LogP contribution in [0.3, 0.4) is 0 Å². The van der Waals surface area contributed by atoms with Gasteiger partial charge in [-0.1, -0.05) is 25.0 Å². The summed E-state index contributed by atoms with van der Waals surface area (Å²) < 4.78 is 8.03. The van der Waals surface area contributed by atoms with Crippen LogP contribution in [0.2, 0.25) is 0 Å². The molecule has 1 unspecified atom stereocenters. The number of ether oxygens (including phenoxy) is 1. The maximum absolute atomic E-state index is 10.8. The van der Waals surface area contributed by atoms with E-state index in [1.54, 1.807) is 0 Å². The van der Waals surface area contributed by atoms with Crippen molar-refractivity contribution < 1.29 is 9.84 Å². The van der Waals surface area contributed by atoms with Gasteiger partial charge < -0.3 is 14.4 Å². The molecule has 1 atom stereocenters. The molecule has 1 heterocycles. The first-order chi connectivity index (χ1) is 10.2. The highest BCUT2D eigenvalue weighted by Gasteiger charge is 2.41. The monoisotopic (exact) mass is 288 g/mol. The van der Waals surface area contributed by atoms with Crippen LogP contribution < -0.4 is 0 Å². The summed E-state index contributed by atoms with van der Waals surface area (Å²) in [6.45, 7) is 2.65. The lowest BCUT2D eigenvalue weighted by atomic mass is 9.92. The third-order valence-electron chi connectivity index (χ3n) is 4.74. The Kier molecular flexibility index (Phi) is 4.00. The second kappa shape index (κ2) is 5.78. The molecule has 3 rings (SSSR count). The standard InChI is InChI=1S/C17H24N2O2/c1-3-21-17(10-6-7-11-17)15(20)12-16-18-13-8-4-5-9-14(13)19(16)2/h4-5,8-9,15,20H,3,6-7,10-12H2,1-2H3. The number of aliphatic hydroxyl groups is 1. The largest absolute Gasteiger partial charge is 0.390 e. The third-order valence-corrected chi connectivity index (χ3v) is 4.74. The van der Waals surface area contributed by atoms with Gasteiger partial charge in [0.05, 0.1) is 22.7 Å². The summed E-state index contributed by atoms with van der Waals surface area (Å²) in [5, 5.41) is 10.8. The number of aliphatic hydroxyl groups excluding tert-OH is 1. The third kappa shape index (κ3) is 2.58. The highest BCUT2D eigenvalue weighted by atomic mass is 16.5. The number of hydrogen-bond donors (Lipinski definition) is 1. The van der Waals surface area contributed by atoms with Crippen molar-refractivity contribution in [1.29, 1.82) is 0 Å². The number of para-hydroxylation sites is 2. The number of aromatic nitrogens is 2. The van der Waals surface area contributed by atoms with Gasteiger partial charge >= 0.3 is 0 Å². The van der Waals surface area contributed by atoms with Crippen LogP contribution >= 0.6 is 0 Å². The molecule has 114 valence electrons. The SMILES string of the molecule is CCOC1(C(O)Cc2nc3ccccc3n2C)CCCC1. The lowest BCUT2D eigenvalue weighted by Crippen LogP contribution is -2.44. The highest BCUT2D eigenvalue weighted by molar-refractivity contribution is 5.75. The normalized spacial score (nSPS) is 19.2. The van der Waals surface area contributed by atoms with E-state index in [-0.39, 0.29) is 5.60 Å². The predicted molar refractivity (Wildman–Crippen MR) is 83.2 cm³/mol. The van der Waals surface area contributed by atoms with Gasteiger partial charge in [-0.05, 0) is 31.9 Å². The van der Waals surface area contributed by atoms with Crippen molar-refractivity contribution in [3.05, 3.63) is 30.1 Å². The van der Waals surface area contributed by atoms with Crippen LogP contribution in [0, 0.1) is 0 Å². The van der Waals surface area contributed by atoms with E-state index >= 15 is 0 Å². The molecule has 1 aliphatic rings. The van der Waals surface area contributed by atoms with Crippen molar-refractivity contribution in [3.8, 4) is 0 Å². The number of hydrogen-bond acceptors (Lipinski definition) is 3. The Hall–Kier alpha value is -1.39. The van der Waals surface area contributed by atoms with Gasteiger partial charge in [0.15, 0.2) is 0 Å². The fourth-order valence-electron chi connectivity index (χ4n) is 3.57. The molecule has 2 aromatic rings. The summed E-state index contributed by atoms with van der Waals surface area (Å²) in [7, 11) is 2.01. The molecule has 1 aliphatic carbocycles. The minimum atomic E-state index is -0.490. The summed E-state index contributed by atoms with van der Waals surface area (Å²) >= 11 is 0. The van der Waals surface area contributed by atoms with E-state index in [1.165, 1.54) is 0 Å². The molecule has 0 aliphatic heterocycles. The van der Waals surface area contributed by atoms with Gasteiger partial charge in [-0.2, -0.15) is 0 Å². The number of rotatable bonds is 5. The Bertz CT molecular complexity index is 614. The second-order valence-corrected chi connectivity index (χ2v) is 6.00. The Morgan fingerprint density at radius 1 is 1.33 bits per heavy atom. The fourth-order valence-corrected chi connectivity index (χ4v) is 3.57. The average molecular weight is 288 g/mol. The van der Waals surface area contributed by atoms with Gasteiger partial charge in [-0.25, -0.2) is 4.98 Å². The Morgan fingerprint density at radius 2 is 2.05 bits per heavy atom. The van der Waals surface area contributed by atoms with Crippen molar-refractivity contribution in [1.82, 2.24) is 9.55 Å². The summed E-state index contributed by atoms with van der Waals surface area (Å²) in [4.78, 5) is 4.66. The van der Waals surface area contributed by atoms with Gasteiger partial charge in [-0.3, -0.25) is 0 Å². The maximum atomic E-state index is 10.8.